The van der Waals surface area contributed by atoms with Crippen LogP contribution in [0.1, 0.15) is 19.3 Å². The van der Waals surface area contributed by atoms with Gasteiger partial charge in [-0.15, -0.1) is 0 Å². The molecular weight excluding hydrogens is 176 g/mol. The quantitative estimate of drug-likeness (QED) is 0.498. The van der Waals surface area contributed by atoms with Gasteiger partial charge in [0.25, 0.3) is 0 Å². The fourth-order valence-electron chi connectivity index (χ4n) is 1.49. The molecule has 1 unspecified atom stereocenters. The highest BCUT2D eigenvalue weighted by Crippen LogP contribution is 2.15. The summed E-state index contributed by atoms with van der Waals surface area (Å²) in [5, 5.41) is 0. The van der Waals surface area contributed by atoms with Crippen LogP contribution in [0.15, 0.2) is 12.2 Å². The molecule has 0 aromatic heterocycles. The van der Waals surface area contributed by atoms with Gasteiger partial charge in [-0.25, -0.2) is 0 Å². The van der Waals surface area contributed by atoms with Gasteiger partial charge in [0.05, 0.1) is 6.10 Å². The minimum absolute atomic E-state index is 0.421. The van der Waals surface area contributed by atoms with E-state index < -0.39 is 8.07 Å². The molecule has 1 heterocycles. The van der Waals surface area contributed by atoms with Crippen molar-refractivity contribution in [3.8, 4) is 0 Å². The zero-order valence-electron chi connectivity index (χ0n) is 9.18. The van der Waals surface area contributed by atoms with Gasteiger partial charge in [0.2, 0.25) is 0 Å². The maximum absolute atomic E-state index is 5.62. The molecule has 2 heteroatoms. The lowest BCUT2D eigenvalue weighted by atomic mass is 10.1. The van der Waals surface area contributed by atoms with Crippen LogP contribution < -0.4 is 0 Å². The van der Waals surface area contributed by atoms with E-state index in [-0.39, 0.29) is 0 Å². The Morgan fingerprint density at radius 1 is 1.31 bits per heavy atom. The van der Waals surface area contributed by atoms with Crippen LogP contribution in [-0.2, 0) is 4.74 Å². The molecule has 0 spiro atoms. The average Bonchev–Trinajstić information content (AvgIpc) is 2.04. The van der Waals surface area contributed by atoms with E-state index in [1.165, 1.54) is 25.3 Å². The Bertz CT molecular complexity index is 163. The Labute approximate surface area is 83.2 Å². The molecule has 13 heavy (non-hydrogen) atoms. The second kappa shape index (κ2) is 4.96. The zero-order valence-corrected chi connectivity index (χ0v) is 10.2. The molecule has 1 aliphatic rings. The van der Waals surface area contributed by atoms with E-state index in [0.29, 0.717) is 6.10 Å². The summed E-state index contributed by atoms with van der Waals surface area (Å²) < 4.78 is 5.62. The molecule has 0 aromatic carbocycles. The van der Waals surface area contributed by atoms with Crippen molar-refractivity contribution < 1.29 is 4.74 Å². The SMILES string of the molecule is C[Si](C)(C)C/C=C/C1CCCCO1. The predicted octanol–water partition coefficient (Wildman–Crippen LogP) is 3.45. The van der Waals surface area contributed by atoms with Crippen molar-refractivity contribution in [2.75, 3.05) is 6.61 Å². The number of rotatable bonds is 3. The highest BCUT2D eigenvalue weighted by Gasteiger charge is 2.12. The Hall–Kier alpha value is -0.0831. The molecule has 1 saturated heterocycles. The maximum Gasteiger partial charge on any atom is 0.0755 e. The van der Waals surface area contributed by atoms with Crippen LogP contribution in [0.5, 0.6) is 0 Å². The van der Waals surface area contributed by atoms with Crippen LogP contribution in [0.3, 0.4) is 0 Å². The predicted molar refractivity (Wildman–Crippen MR) is 60.9 cm³/mol. The van der Waals surface area contributed by atoms with Crippen LogP contribution in [0.2, 0.25) is 25.7 Å². The summed E-state index contributed by atoms with van der Waals surface area (Å²) in [7, 11) is -0.884. The van der Waals surface area contributed by atoms with Gasteiger partial charge in [-0.3, -0.25) is 0 Å². The van der Waals surface area contributed by atoms with Gasteiger partial charge in [-0.2, -0.15) is 0 Å². The minimum atomic E-state index is -0.884. The lowest BCUT2D eigenvalue weighted by Gasteiger charge is -2.20. The van der Waals surface area contributed by atoms with Gasteiger partial charge in [-0.05, 0) is 25.3 Å². The van der Waals surface area contributed by atoms with E-state index in [2.05, 4.69) is 31.8 Å². The van der Waals surface area contributed by atoms with Gasteiger partial charge in [-0.1, -0.05) is 31.8 Å². The van der Waals surface area contributed by atoms with E-state index in [1.54, 1.807) is 0 Å². The molecule has 1 nitrogen and oxygen atoms in total. The number of hydrogen-bond acceptors (Lipinski definition) is 1. The average molecular weight is 198 g/mol. The molecule has 0 bridgehead atoms. The highest BCUT2D eigenvalue weighted by molar-refractivity contribution is 6.76. The lowest BCUT2D eigenvalue weighted by Crippen LogP contribution is -2.19. The van der Waals surface area contributed by atoms with Gasteiger partial charge >= 0.3 is 0 Å². The first-order valence-corrected chi connectivity index (χ1v) is 9.07. The summed E-state index contributed by atoms with van der Waals surface area (Å²) in [6.45, 7) is 8.17. The Balaban J connectivity index is 2.22. The molecule has 1 aliphatic heterocycles. The van der Waals surface area contributed by atoms with E-state index >= 15 is 0 Å². The topological polar surface area (TPSA) is 9.23 Å². The molecule has 1 atom stereocenters. The highest BCUT2D eigenvalue weighted by atomic mass is 28.3. The van der Waals surface area contributed by atoms with Gasteiger partial charge in [0.15, 0.2) is 0 Å². The van der Waals surface area contributed by atoms with Crippen molar-refractivity contribution in [2.45, 2.75) is 51.1 Å². The second-order valence-electron chi connectivity index (χ2n) is 5.10. The third kappa shape index (κ3) is 5.27. The van der Waals surface area contributed by atoms with Crippen molar-refractivity contribution >= 4 is 8.07 Å². The van der Waals surface area contributed by atoms with Crippen molar-refractivity contribution in [2.24, 2.45) is 0 Å². The summed E-state index contributed by atoms with van der Waals surface area (Å²) in [5.41, 5.74) is 0. The van der Waals surface area contributed by atoms with E-state index in [0.717, 1.165) is 6.61 Å². The summed E-state index contributed by atoms with van der Waals surface area (Å²) in [5.74, 6) is 0. The minimum Gasteiger partial charge on any atom is -0.374 e. The first-order valence-electron chi connectivity index (χ1n) is 5.36. The van der Waals surface area contributed by atoms with E-state index in [4.69, 9.17) is 4.74 Å². The second-order valence-corrected chi connectivity index (χ2v) is 10.6. The van der Waals surface area contributed by atoms with Gasteiger partial charge < -0.3 is 4.74 Å². The first-order chi connectivity index (χ1) is 6.08. The largest absolute Gasteiger partial charge is 0.374 e. The molecule has 76 valence electrons. The summed E-state index contributed by atoms with van der Waals surface area (Å²) in [4.78, 5) is 0. The Kier molecular flexibility index (Phi) is 4.20. The van der Waals surface area contributed by atoms with Crippen molar-refractivity contribution in [1.29, 1.82) is 0 Å². The monoisotopic (exact) mass is 198 g/mol. The van der Waals surface area contributed by atoms with Crippen LogP contribution in [0, 0.1) is 0 Å². The standard InChI is InChI=1S/C11H22OSi/c1-13(2,3)10-6-8-11-7-4-5-9-12-11/h6,8,11H,4-5,7,9-10H2,1-3H3/b8-6+. The molecule has 1 rings (SSSR count). The van der Waals surface area contributed by atoms with Crippen molar-refractivity contribution in [3.05, 3.63) is 12.2 Å². The fourth-order valence-corrected chi connectivity index (χ4v) is 2.33. The third-order valence-corrected chi connectivity index (χ3v) is 3.76. The molecule has 0 aliphatic carbocycles. The summed E-state index contributed by atoms with van der Waals surface area (Å²) >= 11 is 0. The molecule has 0 saturated carbocycles. The molecule has 1 fully saturated rings. The van der Waals surface area contributed by atoms with Crippen LogP contribution >= 0.6 is 0 Å². The molecule has 0 amide bonds. The summed E-state index contributed by atoms with van der Waals surface area (Å²) in [6, 6.07) is 1.28. The smallest absolute Gasteiger partial charge is 0.0755 e. The summed E-state index contributed by atoms with van der Waals surface area (Å²) in [6.07, 6.45) is 8.84. The van der Waals surface area contributed by atoms with E-state index in [1.807, 2.05) is 0 Å². The van der Waals surface area contributed by atoms with Crippen LogP contribution in [-0.4, -0.2) is 20.8 Å². The van der Waals surface area contributed by atoms with Crippen molar-refractivity contribution in [3.63, 3.8) is 0 Å². The number of allylic oxidation sites excluding steroid dienone is 1. The Morgan fingerprint density at radius 2 is 2.08 bits per heavy atom. The first kappa shape index (κ1) is 11.0. The van der Waals surface area contributed by atoms with Crippen molar-refractivity contribution in [1.82, 2.24) is 0 Å². The Morgan fingerprint density at radius 3 is 2.62 bits per heavy atom. The normalized spacial score (nSPS) is 25.3. The van der Waals surface area contributed by atoms with Gasteiger partial charge in [0.1, 0.15) is 0 Å². The molecule has 0 aromatic rings. The maximum atomic E-state index is 5.62. The van der Waals surface area contributed by atoms with Crippen LogP contribution in [0.4, 0.5) is 0 Å². The molecular formula is C11H22OSi. The van der Waals surface area contributed by atoms with Crippen LogP contribution in [0.25, 0.3) is 0 Å². The lowest BCUT2D eigenvalue weighted by molar-refractivity contribution is 0.0465. The zero-order chi connectivity index (χ0) is 9.73. The van der Waals surface area contributed by atoms with Gasteiger partial charge in [0, 0.05) is 14.7 Å². The molecule has 0 N–H and O–H groups in total. The number of hydrogen-bond donors (Lipinski definition) is 0. The fraction of sp³-hybridized carbons (Fsp3) is 0.818. The molecule has 0 radical (unpaired) electrons. The number of ether oxygens (including phenoxy) is 1. The third-order valence-electron chi connectivity index (χ3n) is 2.30. The van der Waals surface area contributed by atoms with E-state index in [9.17, 15) is 0 Å².